The van der Waals surface area contributed by atoms with E-state index in [4.69, 9.17) is 11.6 Å². The van der Waals surface area contributed by atoms with Crippen molar-refractivity contribution < 1.29 is 0 Å². The molecular weight excluding hydrogens is 360 g/mol. The molecule has 0 atom stereocenters. The van der Waals surface area contributed by atoms with Crippen LogP contribution in [0.5, 0.6) is 0 Å². The minimum Gasteiger partial charge on any atom is -0.276 e. The van der Waals surface area contributed by atoms with Crippen LogP contribution in [-0.2, 0) is 12.8 Å². The highest BCUT2D eigenvalue weighted by Crippen LogP contribution is 2.38. The van der Waals surface area contributed by atoms with Crippen LogP contribution in [0.1, 0.15) is 5.56 Å². The summed E-state index contributed by atoms with van der Waals surface area (Å²) < 4.78 is 1.81. The van der Waals surface area contributed by atoms with Crippen LogP contribution in [0.25, 0.3) is 21.3 Å². The Balaban J connectivity index is 1.72. The first-order valence-corrected chi connectivity index (χ1v) is 9.53. The predicted molar refractivity (Wildman–Crippen MR) is 101 cm³/mol. The van der Waals surface area contributed by atoms with Crippen molar-refractivity contribution in [2.45, 2.75) is 10.8 Å². The largest absolute Gasteiger partial charge is 0.276 e. The minimum absolute atomic E-state index is 0.737. The maximum absolute atomic E-state index is 6.01. The third-order valence-electron chi connectivity index (χ3n) is 3.62. The van der Waals surface area contributed by atoms with Gasteiger partial charge in [-0.1, -0.05) is 23.7 Å². The molecule has 0 N–H and O–H groups in total. The van der Waals surface area contributed by atoms with E-state index in [0.717, 1.165) is 37.1 Å². The number of benzene rings is 1. The molecule has 3 heterocycles. The zero-order valence-corrected chi connectivity index (χ0v) is 15.2. The fourth-order valence-electron chi connectivity index (χ4n) is 2.50. The Labute approximate surface area is 152 Å². The van der Waals surface area contributed by atoms with E-state index in [9.17, 15) is 0 Å². The monoisotopic (exact) mass is 372 g/mol. The van der Waals surface area contributed by atoms with Gasteiger partial charge in [0.2, 0.25) is 0 Å². The molecule has 0 aliphatic heterocycles. The Hall–Kier alpha value is -1.89. The molecule has 24 heavy (non-hydrogen) atoms. The van der Waals surface area contributed by atoms with Crippen molar-refractivity contribution in [3.8, 4) is 11.1 Å². The Morgan fingerprint density at radius 1 is 1.21 bits per heavy atom. The van der Waals surface area contributed by atoms with Crippen LogP contribution in [0.15, 0.2) is 53.4 Å². The second-order valence-electron chi connectivity index (χ2n) is 5.33. The number of fused-ring (bicyclic) bond motifs is 1. The van der Waals surface area contributed by atoms with E-state index >= 15 is 0 Å². The number of thiophene rings is 1. The van der Waals surface area contributed by atoms with Crippen molar-refractivity contribution in [2.75, 3.05) is 0 Å². The molecule has 0 spiro atoms. The molecule has 0 saturated carbocycles. The van der Waals surface area contributed by atoms with Gasteiger partial charge in [0.1, 0.15) is 16.2 Å². The van der Waals surface area contributed by atoms with E-state index in [1.807, 2.05) is 48.4 Å². The SMILES string of the molecule is Cn1cc(CSc2ncnc3scc(-c4ccc(Cl)cc4)c23)cn1. The van der Waals surface area contributed by atoms with Gasteiger partial charge in [0.25, 0.3) is 0 Å². The number of aryl methyl sites for hydroxylation is 1. The molecule has 4 rings (SSSR count). The van der Waals surface area contributed by atoms with Crippen LogP contribution in [0, 0.1) is 0 Å². The Bertz CT molecular complexity index is 991. The second-order valence-corrected chi connectivity index (χ2v) is 7.58. The average molecular weight is 373 g/mol. The molecule has 0 aliphatic rings. The summed E-state index contributed by atoms with van der Waals surface area (Å²) in [5.41, 5.74) is 3.46. The molecule has 4 aromatic rings. The Morgan fingerprint density at radius 3 is 2.79 bits per heavy atom. The van der Waals surface area contributed by atoms with Gasteiger partial charge in [-0.15, -0.1) is 23.1 Å². The maximum atomic E-state index is 6.01. The number of nitrogens with zero attached hydrogens (tertiary/aromatic N) is 4. The van der Waals surface area contributed by atoms with Crippen molar-refractivity contribution >= 4 is 44.9 Å². The third-order valence-corrected chi connectivity index (χ3v) is 5.82. The molecule has 120 valence electrons. The zero-order valence-electron chi connectivity index (χ0n) is 12.8. The lowest BCUT2D eigenvalue weighted by molar-refractivity contribution is 0.767. The maximum Gasteiger partial charge on any atom is 0.128 e. The van der Waals surface area contributed by atoms with Gasteiger partial charge in [-0.2, -0.15) is 5.10 Å². The topological polar surface area (TPSA) is 43.6 Å². The van der Waals surface area contributed by atoms with E-state index < -0.39 is 0 Å². The van der Waals surface area contributed by atoms with Crippen LogP contribution < -0.4 is 0 Å². The molecule has 1 aromatic carbocycles. The summed E-state index contributed by atoms with van der Waals surface area (Å²) in [6, 6.07) is 7.89. The fraction of sp³-hybridized carbons (Fsp3) is 0.118. The summed E-state index contributed by atoms with van der Waals surface area (Å²) in [5.74, 6) is 0.829. The number of thioether (sulfide) groups is 1. The lowest BCUT2D eigenvalue weighted by Crippen LogP contribution is -1.87. The molecule has 0 fully saturated rings. The van der Waals surface area contributed by atoms with Gasteiger partial charge >= 0.3 is 0 Å². The third kappa shape index (κ3) is 3.05. The van der Waals surface area contributed by atoms with Gasteiger partial charge in [-0.05, 0) is 17.7 Å². The van der Waals surface area contributed by atoms with Crippen LogP contribution >= 0.6 is 34.7 Å². The first kappa shape index (κ1) is 15.6. The van der Waals surface area contributed by atoms with Crippen molar-refractivity contribution in [2.24, 2.45) is 7.05 Å². The quantitative estimate of drug-likeness (QED) is 0.372. The van der Waals surface area contributed by atoms with E-state index in [-0.39, 0.29) is 0 Å². The van der Waals surface area contributed by atoms with Crippen LogP contribution in [0.3, 0.4) is 0 Å². The van der Waals surface area contributed by atoms with Crippen molar-refractivity contribution in [3.63, 3.8) is 0 Å². The van der Waals surface area contributed by atoms with Crippen LogP contribution in [0.4, 0.5) is 0 Å². The van der Waals surface area contributed by atoms with Gasteiger partial charge in [0.15, 0.2) is 0 Å². The van der Waals surface area contributed by atoms with Crippen LogP contribution in [-0.4, -0.2) is 19.7 Å². The molecule has 0 unspecified atom stereocenters. The number of rotatable bonds is 4. The molecule has 0 aliphatic carbocycles. The Kier molecular flexibility index (Phi) is 4.26. The van der Waals surface area contributed by atoms with E-state index in [1.165, 1.54) is 5.56 Å². The first-order valence-electron chi connectivity index (χ1n) is 7.29. The summed E-state index contributed by atoms with van der Waals surface area (Å²) in [6.07, 6.45) is 5.55. The smallest absolute Gasteiger partial charge is 0.128 e. The molecule has 0 amide bonds. The molecule has 0 radical (unpaired) electrons. The van der Waals surface area contributed by atoms with Gasteiger partial charge < -0.3 is 0 Å². The highest BCUT2D eigenvalue weighted by Gasteiger charge is 2.14. The summed E-state index contributed by atoms with van der Waals surface area (Å²) in [5, 5.41) is 9.19. The van der Waals surface area contributed by atoms with Crippen molar-refractivity contribution in [1.29, 1.82) is 0 Å². The van der Waals surface area contributed by atoms with E-state index in [0.29, 0.717) is 0 Å². The molecule has 3 aromatic heterocycles. The summed E-state index contributed by atoms with van der Waals surface area (Å²) in [6.45, 7) is 0. The highest BCUT2D eigenvalue weighted by atomic mass is 35.5. The number of hydrogen-bond donors (Lipinski definition) is 0. The summed E-state index contributed by atoms with van der Waals surface area (Å²) in [7, 11) is 1.93. The fourth-order valence-corrected chi connectivity index (χ4v) is 4.53. The minimum atomic E-state index is 0.737. The van der Waals surface area contributed by atoms with Crippen LogP contribution in [0.2, 0.25) is 5.02 Å². The lowest BCUT2D eigenvalue weighted by Gasteiger charge is -2.05. The van der Waals surface area contributed by atoms with Gasteiger partial charge in [-0.25, -0.2) is 9.97 Å². The number of aromatic nitrogens is 4. The molecule has 7 heteroatoms. The number of hydrogen-bond acceptors (Lipinski definition) is 5. The molecule has 0 saturated heterocycles. The summed E-state index contributed by atoms with van der Waals surface area (Å²) >= 11 is 9.36. The summed E-state index contributed by atoms with van der Waals surface area (Å²) in [4.78, 5) is 9.93. The normalized spacial score (nSPS) is 11.2. The second kappa shape index (κ2) is 6.55. The molecular formula is C17H13ClN4S2. The van der Waals surface area contributed by atoms with E-state index in [2.05, 4.69) is 20.4 Å². The molecule has 0 bridgehead atoms. The van der Waals surface area contributed by atoms with Gasteiger partial charge in [-0.3, -0.25) is 4.68 Å². The van der Waals surface area contributed by atoms with Gasteiger partial charge in [0, 0.05) is 40.5 Å². The van der Waals surface area contributed by atoms with Crippen molar-refractivity contribution in [3.05, 3.63) is 59.0 Å². The number of halogens is 1. The van der Waals surface area contributed by atoms with E-state index in [1.54, 1.807) is 29.4 Å². The first-order chi connectivity index (χ1) is 11.7. The standard InChI is InChI=1S/C17H13ClN4S2/c1-22-7-11(6-21-22)8-23-16-15-14(9-24-17(15)20-10-19-16)12-2-4-13(18)5-3-12/h2-7,9-10H,8H2,1H3. The Morgan fingerprint density at radius 2 is 2.04 bits per heavy atom. The lowest BCUT2D eigenvalue weighted by atomic mass is 10.1. The average Bonchev–Trinajstić information content (AvgIpc) is 3.20. The van der Waals surface area contributed by atoms with Gasteiger partial charge in [0.05, 0.1) is 11.6 Å². The highest BCUT2D eigenvalue weighted by molar-refractivity contribution is 7.98. The predicted octanol–water partition coefficient (Wildman–Crippen LogP) is 5.04. The molecule has 4 nitrogen and oxygen atoms in total. The zero-order chi connectivity index (χ0) is 16.5. The van der Waals surface area contributed by atoms with Crippen molar-refractivity contribution in [1.82, 2.24) is 19.7 Å².